The highest BCUT2D eigenvalue weighted by atomic mass is 15.1. The van der Waals surface area contributed by atoms with Crippen molar-refractivity contribution in [3.63, 3.8) is 0 Å². The summed E-state index contributed by atoms with van der Waals surface area (Å²) in [5.74, 6) is 3.09. The van der Waals surface area contributed by atoms with Gasteiger partial charge in [0.25, 0.3) is 0 Å². The monoisotopic (exact) mass is 1100 g/mol. The standard InChI is InChI=1S/C78H50N8/c1-5-21-49(22-6-1)75-79-67(51-25-19-27-55(43-51)77-83-65-35-15-17-37-71(65)85(77)57-29-9-3-10-30-57)47-69(81-75)53-39-41-61-63(45-53)73-59-33-13-14-34-60(59)74(61)64-46-54(40-42-62(64)73)70-48-68(80-76(82-70)50-23-7-2-8-24-50)52-26-20-28-56(44-52)78-84-66-36-16-18-38-72(66)86(78)58-31-11-4-12-32-58/h1-48,73-74H. The molecule has 18 rings (SSSR count). The molecule has 0 radical (unpaired) electrons. The van der Waals surface area contributed by atoms with Crippen molar-refractivity contribution in [3.05, 3.63) is 325 Å². The predicted molar refractivity (Wildman–Crippen MR) is 345 cm³/mol. The Kier molecular flexibility index (Phi) is 11.5. The SMILES string of the molecule is c1ccc(-c2nc(-c3cccc(-c4nc5ccccc5n4-c4ccccc4)c3)cc(-c3ccc4c(c3)C3c5ccccc5C4c4cc(-c5cc(-c6cccc(-c7nc8ccccc8n7-c7ccccc7)c6)nc(-c6ccccc6)n5)ccc43)n2)cc1. The average molecular weight is 1100 g/mol. The molecule has 4 heterocycles. The number of hydrogen-bond acceptors (Lipinski definition) is 6. The second-order valence-corrected chi connectivity index (χ2v) is 22.2. The fourth-order valence-corrected chi connectivity index (χ4v) is 13.2. The number of para-hydroxylation sites is 6. The molecule has 402 valence electrons. The van der Waals surface area contributed by atoms with Crippen molar-refractivity contribution in [2.45, 2.75) is 11.8 Å². The lowest BCUT2D eigenvalue weighted by Gasteiger charge is -2.42. The highest BCUT2D eigenvalue weighted by Gasteiger charge is 2.41. The first-order valence-corrected chi connectivity index (χ1v) is 29.2. The van der Waals surface area contributed by atoms with Gasteiger partial charge in [-0.1, -0.05) is 206 Å². The molecule has 3 aliphatic rings. The zero-order valence-electron chi connectivity index (χ0n) is 46.4. The second-order valence-electron chi connectivity index (χ2n) is 22.2. The molecule has 2 unspecified atom stereocenters. The molecule has 4 aromatic heterocycles. The van der Waals surface area contributed by atoms with Crippen molar-refractivity contribution in [2.24, 2.45) is 0 Å². The van der Waals surface area contributed by atoms with E-state index in [1.807, 2.05) is 60.7 Å². The Morgan fingerprint density at radius 3 is 0.965 bits per heavy atom. The fraction of sp³-hybridized carbons (Fsp3) is 0.0256. The van der Waals surface area contributed by atoms with Crippen LogP contribution in [0, 0.1) is 0 Å². The van der Waals surface area contributed by atoms with Crippen molar-refractivity contribution in [3.8, 4) is 102 Å². The maximum atomic E-state index is 5.37. The van der Waals surface area contributed by atoms with Crippen LogP contribution in [0.4, 0.5) is 0 Å². The lowest BCUT2D eigenvalue weighted by Crippen LogP contribution is -2.27. The van der Waals surface area contributed by atoms with Crippen molar-refractivity contribution in [1.29, 1.82) is 0 Å². The van der Waals surface area contributed by atoms with E-state index in [0.29, 0.717) is 11.6 Å². The molecule has 3 aliphatic carbocycles. The van der Waals surface area contributed by atoms with Crippen LogP contribution in [0.2, 0.25) is 0 Å². The normalized spacial score (nSPS) is 13.8. The molecule has 2 bridgehead atoms. The van der Waals surface area contributed by atoms with Crippen LogP contribution in [0.3, 0.4) is 0 Å². The molecular formula is C78H50N8. The van der Waals surface area contributed by atoms with Gasteiger partial charge in [0.2, 0.25) is 0 Å². The Morgan fingerprint density at radius 1 is 0.221 bits per heavy atom. The topological polar surface area (TPSA) is 87.2 Å². The third kappa shape index (κ3) is 8.29. The van der Waals surface area contributed by atoms with Crippen LogP contribution in [-0.4, -0.2) is 39.0 Å². The molecule has 0 amide bonds. The van der Waals surface area contributed by atoms with Gasteiger partial charge in [-0.05, 0) is 118 Å². The minimum Gasteiger partial charge on any atom is -0.292 e. The molecule has 0 aliphatic heterocycles. The molecule has 86 heavy (non-hydrogen) atoms. The Morgan fingerprint density at radius 2 is 0.547 bits per heavy atom. The first kappa shape index (κ1) is 49.2. The highest BCUT2D eigenvalue weighted by Crippen LogP contribution is 2.57. The Hall–Kier alpha value is -11.5. The van der Waals surface area contributed by atoms with Crippen LogP contribution >= 0.6 is 0 Å². The Bertz CT molecular complexity index is 4810. The van der Waals surface area contributed by atoms with E-state index >= 15 is 0 Å². The smallest absolute Gasteiger partial charge is 0.160 e. The van der Waals surface area contributed by atoms with E-state index in [9.17, 15) is 0 Å². The van der Waals surface area contributed by atoms with Gasteiger partial charge in [-0.25, -0.2) is 29.9 Å². The van der Waals surface area contributed by atoms with Crippen LogP contribution in [0.1, 0.15) is 45.2 Å². The summed E-state index contributed by atoms with van der Waals surface area (Å²) in [5.41, 5.74) is 25.3. The fourth-order valence-electron chi connectivity index (χ4n) is 13.2. The maximum absolute atomic E-state index is 5.37. The summed E-state index contributed by atoms with van der Waals surface area (Å²) in [4.78, 5) is 31.8. The molecule has 15 aromatic rings. The first-order chi connectivity index (χ1) is 42.6. The molecule has 8 heteroatoms. The van der Waals surface area contributed by atoms with E-state index in [0.717, 1.165) is 112 Å². The average Bonchev–Trinajstić information content (AvgIpc) is 1.62. The molecule has 0 saturated heterocycles. The van der Waals surface area contributed by atoms with Gasteiger partial charge in [-0.3, -0.25) is 9.13 Å². The van der Waals surface area contributed by atoms with Crippen molar-refractivity contribution >= 4 is 22.1 Å². The van der Waals surface area contributed by atoms with Gasteiger partial charge in [-0.15, -0.1) is 0 Å². The minimum atomic E-state index is 0.00863. The summed E-state index contributed by atoms with van der Waals surface area (Å²) >= 11 is 0. The van der Waals surface area contributed by atoms with Crippen LogP contribution in [0.15, 0.2) is 291 Å². The summed E-state index contributed by atoms with van der Waals surface area (Å²) in [6, 6.07) is 103. The van der Waals surface area contributed by atoms with Gasteiger partial charge in [0, 0.05) is 67.7 Å². The number of benzene rings is 11. The van der Waals surface area contributed by atoms with E-state index in [4.69, 9.17) is 29.9 Å². The van der Waals surface area contributed by atoms with E-state index in [-0.39, 0.29) is 11.8 Å². The van der Waals surface area contributed by atoms with E-state index in [1.165, 1.54) is 33.4 Å². The number of rotatable bonds is 10. The summed E-state index contributed by atoms with van der Waals surface area (Å²) < 4.78 is 4.49. The molecule has 0 N–H and O–H groups in total. The predicted octanol–water partition coefficient (Wildman–Crippen LogP) is 18.3. The number of fused-ring (bicyclic) bond motifs is 2. The zero-order valence-corrected chi connectivity index (χ0v) is 46.4. The lowest BCUT2D eigenvalue weighted by molar-refractivity contribution is 0.755. The van der Waals surface area contributed by atoms with E-state index in [1.54, 1.807) is 0 Å². The van der Waals surface area contributed by atoms with Gasteiger partial charge in [0.15, 0.2) is 11.6 Å². The first-order valence-electron chi connectivity index (χ1n) is 29.2. The van der Waals surface area contributed by atoms with Gasteiger partial charge < -0.3 is 0 Å². The van der Waals surface area contributed by atoms with Gasteiger partial charge in [0.05, 0.1) is 44.8 Å². The van der Waals surface area contributed by atoms with Crippen molar-refractivity contribution in [1.82, 2.24) is 39.0 Å². The molecule has 0 spiro atoms. The number of nitrogens with zero attached hydrogens (tertiary/aromatic N) is 8. The largest absolute Gasteiger partial charge is 0.292 e. The molecule has 0 saturated carbocycles. The molecule has 8 nitrogen and oxygen atoms in total. The summed E-state index contributed by atoms with van der Waals surface area (Å²) in [6.07, 6.45) is 0. The third-order valence-electron chi connectivity index (χ3n) is 17.1. The van der Waals surface area contributed by atoms with Gasteiger partial charge in [0.1, 0.15) is 11.6 Å². The van der Waals surface area contributed by atoms with Crippen molar-refractivity contribution < 1.29 is 0 Å². The highest BCUT2D eigenvalue weighted by molar-refractivity contribution is 5.87. The van der Waals surface area contributed by atoms with Crippen molar-refractivity contribution in [2.75, 3.05) is 0 Å². The molecule has 0 fully saturated rings. The summed E-state index contributed by atoms with van der Waals surface area (Å²) in [6.45, 7) is 0. The zero-order chi connectivity index (χ0) is 56.7. The van der Waals surface area contributed by atoms with E-state index < -0.39 is 0 Å². The van der Waals surface area contributed by atoms with Crippen LogP contribution < -0.4 is 0 Å². The van der Waals surface area contributed by atoms with E-state index in [2.05, 4.69) is 240 Å². The molecular weight excluding hydrogens is 1050 g/mol. The number of aromatic nitrogens is 8. The molecule has 11 aromatic carbocycles. The Balaban J connectivity index is 0.764. The van der Waals surface area contributed by atoms with Gasteiger partial charge >= 0.3 is 0 Å². The van der Waals surface area contributed by atoms with Gasteiger partial charge in [-0.2, -0.15) is 0 Å². The van der Waals surface area contributed by atoms with Crippen LogP contribution in [0.25, 0.3) is 124 Å². The summed E-state index contributed by atoms with van der Waals surface area (Å²) in [5, 5.41) is 0. The quantitative estimate of drug-likeness (QED) is 0.136. The maximum Gasteiger partial charge on any atom is 0.160 e. The Labute approximate surface area is 496 Å². The minimum absolute atomic E-state index is 0.00863. The number of hydrogen-bond donors (Lipinski definition) is 0. The number of imidazole rings is 2. The lowest BCUT2D eigenvalue weighted by atomic mass is 9.60. The summed E-state index contributed by atoms with van der Waals surface area (Å²) in [7, 11) is 0. The molecule has 2 atom stereocenters. The third-order valence-corrected chi connectivity index (χ3v) is 17.1. The second kappa shape index (κ2) is 20.2. The van der Waals surface area contributed by atoms with Crippen LogP contribution in [-0.2, 0) is 0 Å². The van der Waals surface area contributed by atoms with Crippen LogP contribution in [0.5, 0.6) is 0 Å².